The predicted molar refractivity (Wildman–Crippen MR) is 83.1 cm³/mol. The Balaban J connectivity index is 3.91. The van der Waals surface area contributed by atoms with Gasteiger partial charge in [0.1, 0.15) is 0 Å². The average molecular weight is 256 g/mol. The topological polar surface area (TPSA) is 15.3 Å². The van der Waals surface area contributed by atoms with E-state index in [1.54, 1.807) is 0 Å². The molecule has 110 valence electrons. The van der Waals surface area contributed by atoms with Gasteiger partial charge in [-0.3, -0.25) is 0 Å². The molecule has 0 radical (unpaired) electrons. The first-order chi connectivity index (χ1) is 8.54. The molecule has 0 bridgehead atoms. The molecule has 0 aliphatic carbocycles. The van der Waals surface area contributed by atoms with Crippen LogP contribution >= 0.6 is 0 Å². The zero-order chi connectivity index (χ0) is 14.0. The molecule has 0 saturated carbocycles. The molecule has 1 atom stereocenters. The molecule has 0 amide bonds. The normalized spacial score (nSPS) is 13.8. The van der Waals surface area contributed by atoms with E-state index in [0.29, 0.717) is 6.04 Å². The molecule has 0 saturated heterocycles. The molecular weight excluding hydrogens is 220 g/mol. The molecule has 1 unspecified atom stereocenters. The Morgan fingerprint density at radius 1 is 1.00 bits per heavy atom. The van der Waals surface area contributed by atoms with E-state index in [1.807, 2.05) is 0 Å². The van der Waals surface area contributed by atoms with Crippen LogP contribution in [0.2, 0.25) is 0 Å². The Kier molecular flexibility index (Phi) is 10.8. The molecule has 0 aliphatic heterocycles. The lowest BCUT2D eigenvalue weighted by molar-refractivity contribution is 0.172. The van der Waals surface area contributed by atoms with E-state index < -0.39 is 0 Å². The molecule has 0 fully saturated rings. The van der Waals surface area contributed by atoms with Crippen LogP contribution in [0.5, 0.6) is 0 Å². The summed E-state index contributed by atoms with van der Waals surface area (Å²) in [5.41, 5.74) is 0. The van der Waals surface area contributed by atoms with Crippen LogP contribution in [-0.4, -0.2) is 37.1 Å². The fourth-order valence-corrected chi connectivity index (χ4v) is 2.38. The average Bonchev–Trinajstić information content (AvgIpc) is 2.35. The van der Waals surface area contributed by atoms with Crippen molar-refractivity contribution in [3.63, 3.8) is 0 Å². The van der Waals surface area contributed by atoms with E-state index in [2.05, 4.69) is 51.8 Å². The highest BCUT2D eigenvalue weighted by atomic mass is 15.1. The fraction of sp³-hybridized carbons (Fsp3) is 1.00. The first-order valence-corrected chi connectivity index (χ1v) is 7.99. The van der Waals surface area contributed by atoms with Gasteiger partial charge in [0.2, 0.25) is 0 Å². The molecule has 0 spiro atoms. The number of nitrogens with one attached hydrogen (secondary N) is 1. The second-order valence-corrected chi connectivity index (χ2v) is 6.01. The van der Waals surface area contributed by atoms with Gasteiger partial charge in [-0.2, -0.15) is 0 Å². The largest absolute Gasteiger partial charge is 0.316 e. The van der Waals surface area contributed by atoms with Gasteiger partial charge < -0.3 is 10.2 Å². The van der Waals surface area contributed by atoms with Gasteiger partial charge in [-0.1, -0.05) is 47.5 Å². The van der Waals surface area contributed by atoms with Crippen molar-refractivity contribution in [3.8, 4) is 0 Å². The highest BCUT2D eigenvalue weighted by Crippen LogP contribution is 2.13. The van der Waals surface area contributed by atoms with Gasteiger partial charge in [-0.25, -0.2) is 0 Å². The smallest absolute Gasteiger partial charge is 0.00790 e. The molecule has 2 heteroatoms. The van der Waals surface area contributed by atoms with Crippen LogP contribution in [0.4, 0.5) is 0 Å². The first-order valence-electron chi connectivity index (χ1n) is 7.99. The minimum Gasteiger partial charge on any atom is -0.316 e. The van der Waals surface area contributed by atoms with E-state index in [9.17, 15) is 0 Å². The third-order valence-electron chi connectivity index (χ3n) is 3.97. The molecular formula is C16H36N2. The Bertz CT molecular complexity index is 176. The summed E-state index contributed by atoms with van der Waals surface area (Å²) >= 11 is 0. The van der Waals surface area contributed by atoms with Gasteiger partial charge in [-0.15, -0.1) is 0 Å². The van der Waals surface area contributed by atoms with Crippen molar-refractivity contribution in [2.45, 2.75) is 66.8 Å². The molecule has 0 rings (SSSR count). The number of hydrogen-bond acceptors (Lipinski definition) is 2. The second kappa shape index (κ2) is 10.8. The van der Waals surface area contributed by atoms with E-state index in [-0.39, 0.29) is 0 Å². The monoisotopic (exact) mass is 256 g/mol. The van der Waals surface area contributed by atoms with Crippen molar-refractivity contribution in [2.75, 3.05) is 26.2 Å². The number of nitrogens with zero attached hydrogens (tertiary/aromatic N) is 1. The third kappa shape index (κ3) is 8.10. The molecule has 0 aromatic heterocycles. The molecule has 2 nitrogen and oxygen atoms in total. The van der Waals surface area contributed by atoms with Crippen molar-refractivity contribution in [3.05, 3.63) is 0 Å². The molecule has 1 N–H and O–H groups in total. The van der Waals surface area contributed by atoms with Crippen molar-refractivity contribution < 1.29 is 0 Å². The van der Waals surface area contributed by atoms with Crippen molar-refractivity contribution >= 4 is 0 Å². The summed E-state index contributed by atoms with van der Waals surface area (Å²) in [6, 6.07) is 0.704. The van der Waals surface area contributed by atoms with E-state index >= 15 is 0 Å². The van der Waals surface area contributed by atoms with Crippen LogP contribution in [-0.2, 0) is 0 Å². The highest BCUT2D eigenvalue weighted by molar-refractivity contribution is 4.70. The minimum absolute atomic E-state index is 0.704. The summed E-state index contributed by atoms with van der Waals surface area (Å²) in [6.45, 7) is 18.6. The summed E-state index contributed by atoms with van der Waals surface area (Å²) < 4.78 is 0. The van der Waals surface area contributed by atoms with Gasteiger partial charge >= 0.3 is 0 Å². The van der Waals surface area contributed by atoms with E-state index in [4.69, 9.17) is 0 Å². The Hall–Kier alpha value is -0.0800. The Morgan fingerprint density at radius 3 is 2.06 bits per heavy atom. The van der Waals surface area contributed by atoms with E-state index in [1.165, 1.54) is 32.4 Å². The van der Waals surface area contributed by atoms with Crippen LogP contribution in [0.15, 0.2) is 0 Å². The maximum absolute atomic E-state index is 3.55. The molecule has 0 heterocycles. The van der Waals surface area contributed by atoms with Crippen LogP contribution in [0.25, 0.3) is 0 Å². The zero-order valence-corrected chi connectivity index (χ0v) is 13.6. The maximum Gasteiger partial charge on any atom is 0.00790 e. The lowest BCUT2D eigenvalue weighted by atomic mass is 10.0. The van der Waals surface area contributed by atoms with Gasteiger partial charge in [-0.05, 0) is 44.8 Å². The highest BCUT2D eigenvalue weighted by Gasteiger charge is 2.15. The SMILES string of the molecule is CCC(CC)CN(CC)C(C)CCNCC(C)C. The van der Waals surface area contributed by atoms with Crippen molar-refractivity contribution in [2.24, 2.45) is 11.8 Å². The summed E-state index contributed by atoms with van der Waals surface area (Å²) in [6.07, 6.45) is 3.89. The van der Waals surface area contributed by atoms with Crippen molar-refractivity contribution in [1.29, 1.82) is 0 Å². The van der Waals surface area contributed by atoms with E-state index in [0.717, 1.165) is 24.9 Å². The Morgan fingerprint density at radius 2 is 1.61 bits per heavy atom. The third-order valence-corrected chi connectivity index (χ3v) is 3.97. The van der Waals surface area contributed by atoms with Gasteiger partial charge in [0.25, 0.3) is 0 Å². The lowest BCUT2D eigenvalue weighted by Gasteiger charge is -2.31. The quantitative estimate of drug-likeness (QED) is 0.566. The van der Waals surface area contributed by atoms with Crippen LogP contribution in [0, 0.1) is 11.8 Å². The number of rotatable bonds is 11. The maximum atomic E-state index is 3.55. The number of hydrogen-bond donors (Lipinski definition) is 1. The Labute approximate surface area is 116 Å². The summed E-state index contributed by atoms with van der Waals surface area (Å²) in [4.78, 5) is 2.65. The van der Waals surface area contributed by atoms with Gasteiger partial charge in [0, 0.05) is 12.6 Å². The summed E-state index contributed by atoms with van der Waals surface area (Å²) in [5.74, 6) is 1.63. The summed E-state index contributed by atoms with van der Waals surface area (Å²) in [7, 11) is 0. The fourth-order valence-electron chi connectivity index (χ4n) is 2.38. The standard InChI is InChI=1S/C16H36N2/c1-7-16(8-2)13-18(9-3)15(6)10-11-17-12-14(4)5/h14-17H,7-13H2,1-6H3. The minimum atomic E-state index is 0.704. The van der Waals surface area contributed by atoms with Gasteiger partial charge in [0.05, 0.1) is 0 Å². The molecule has 0 aliphatic rings. The predicted octanol–water partition coefficient (Wildman–Crippen LogP) is 3.77. The van der Waals surface area contributed by atoms with Crippen LogP contribution in [0.1, 0.15) is 60.8 Å². The molecule has 0 aromatic carbocycles. The zero-order valence-electron chi connectivity index (χ0n) is 13.6. The van der Waals surface area contributed by atoms with Gasteiger partial charge in [0.15, 0.2) is 0 Å². The second-order valence-electron chi connectivity index (χ2n) is 6.01. The van der Waals surface area contributed by atoms with Crippen LogP contribution in [0.3, 0.4) is 0 Å². The molecule has 18 heavy (non-hydrogen) atoms. The van der Waals surface area contributed by atoms with Crippen LogP contribution < -0.4 is 5.32 Å². The lowest BCUT2D eigenvalue weighted by Crippen LogP contribution is -2.38. The first kappa shape index (κ1) is 17.9. The van der Waals surface area contributed by atoms with Crippen molar-refractivity contribution in [1.82, 2.24) is 10.2 Å². The molecule has 0 aromatic rings. The summed E-state index contributed by atoms with van der Waals surface area (Å²) in [5, 5.41) is 3.55.